The van der Waals surface area contributed by atoms with Crippen LogP contribution in [0.25, 0.3) is 0 Å². The van der Waals surface area contributed by atoms with Gasteiger partial charge in [0.25, 0.3) is 0 Å². The molecule has 6 heteroatoms. The highest BCUT2D eigenvalue weighted by atomic mass is 16.6. The van der Waals surface area contributed by atoms with Crippen molar-refractivity contribution in [1.29, 1.82) is 0 Å². The summed E-state index contributed by atoms with van der Waals surface area (Å²) in [6.45, 7) is 8.64. The maximum absolute atomic E-state index is 12.0. The molecule has 1 aromatic rings. The molecule has 0 saturated heterocycles. The van der Waals surface area contributed by atoms with E-state index in [1.165, 1.54) is 0 Å². The van der Waals surface area contributed by atoms with Crippen molar-refractivity contribution in [2.45, 2.75) is 52.9 Å². The van der Waals surface area contributed by atoms with E-state index in [1.807, 2.05) is 6.92 Å². The summed E-state index contributed by atoms with van der Waals surface area (Å²) in [6.07, 6.45) is -0.637. The normalized spacial score (nSPS) is 12.5. The van der Waals surface area contributed by atoms with Crippen LogP contribution in [0.5, 0.6) is 0 Å². The molecule has 22 heavy (non-hydrogen) atoms. The zero-order valence-corrected chi connectivity index (χ0v) is 13.7. The van der Waals surface area contributed by atoms with Gasteiger partial charge in [0.05, 0.1) is 6.61 Å². The Balaban J connectivity index is 2.61. The first-order valence-corrected chi connectivity index (χ1v) is 7.13. The lowest BCUT2D eigenvalue weighted by Crippen LogP contribution is -2.43. The van der Waals surface area contributed by atoms with Crippen molar-refractivity contribution in [1.82, 2.24) is 5.32 Å². The second kappa shape index (κ2) is 7.26. The first-order valence-electron chi connectivity index (χ1n) is 7.13. The first kappa shape index (κ1) is 18.0. The molecular formula is C16H24N2O4. The molecule has 0 radical (unpaired) electrons. The molecule has 0 aromatic heterocycles. The van der Waals surface area contributed by atoms with Gasteiger partial charge in [-0.15, -0.1) is 0 Å². The van der Waals surface area contributed by atoms with E-state index in [0.717, 1.165) is 11.1 Å². The van der Waals surface area contributed by atoms with Gasteiger partial charge in [0.15, 0.2) is 0 Å². The maximum atomic E-state index is 12.0. The summed E-state index contributed by atoms with van der Waals surface area (Å²) in [4.78, 5) is 23.7. The number of anilines is 1. The van der Waals surface area contributed by atoms with Crippen molar-refractivity contribution in [3.63, 3.8) is 0 Å². The van der Waals surface area contributed by atoms with Gasteiger partial charge in [-0.1, -0.05) is 6.07 Å². The Hall–Kier alpha value is -2.08. The van der Waals surface area contributed by atoms with Crippen LogP contribution in [0.1, 0.15) is 38.8 Å². The van der Waals surface area contributed by atoms with E-state index in [-0.39, 0.29) is 12.5 Å². The van der Waals surface area contributed by atoms with Crippen molar-refractivity contribution in [3.8, 4) is 0 Å². The lowest BCUT2D eigenvalue weighted by atomic mass is 10.1. The molecule has 2 amide bonds. The maximum Gasteiger partial charge on any atom is 0.408 e. The number of nitrogens with one attached hydrogen (secondary N) is 2. The molecule has 0 aliphatic rings. The molecule has 122 valence electrons. The quantitative estimate of drug-likeness (QED) is 0.796. The van der Waals surface area contributed by atoms with E-state index in [2.05, 4.69) is 10.6 Å². The van der Waals surface area contributed by atoms with Crippen molar-refractivity contribution in [2.75, 3.05) is 5.32 Å². The van der Waals surface area contributed by atoms with Crippen LogP contribution in [0.3, 0.4) is 0 Å². The molecule has 3 N–H and O–H groups in total. The summed E-state index contributed by atoms with van der Waals surface area (Å²) in [6, 6.07) is 4.49. The second-order valence-corrected chi connectivity index (χ2v) is 6.16. The van der Waals surface area contributed by atoms with Crippen molar-refractivity contribution < 1.29 is 19.4 Å². The predicted octanol–water partition coefficient (Wildman–Crippen LogP) is 2.34. The summed E-state index contributed by atoms with van der Waals surface area (Å²) in [5, 5.41) is 14.3. The van der Waals surface area contributed by atoms with Crippen LogP contribution in [-0.2, 0) is 16.1 Å². The minimum Gasteiger partial charge on any atom is -0.444 e. The predicted molar refractivity (Wildman–Crippen MR) is 84.6 cm³/mol. The molecule has 0 aliphatic heterocycles. The zero-order valence-electron chi connectivity index (χ0n) is 13.7. The molecule has 1 rings (SSSR count). The Morgan fingerprint density at radius 2 is 1.95 bits per heavy atom. The molecule has 0 heterocycles. The Kier molecular flexibility index (Phi) is 5.93. The molecule has 1 aromatic carbocycles. The number of aliphatic hydroxyl groups is 1. The highest BCUT2D eigenvalue weighted by molar-refractivity contribution is 5.96. The summed E-state index contributed by atoms with van der Waals surface area (Å²) in [7, 11) is 0. The average molecular weight is 308 g/mol. The fourth-order valence-corrected chi connectivity index (χ4v) is 1.75. The van der Waals surface area contributed by atoms with Gasteiger partial charge < -0.3 is 20.5 Å². The van der Waals surface area contributed by atoms with Crippen LogP contribution in [0, 0.1) is 6.92 Å². The number of amides is 2. The number of hydrogen-bond donors (Lipinski definition) is 3. The largest absolute Gasteiger partial charge is 0.444 e. The standard InChI is InChI=1S/C16H24N2O4/c1-10-8-13(7-6-12(10)9-19)18-14(20)11(2)17-15(21)22-16(3,4)5/h6-8,11,19H,9H2,1-5H3,(H,17,21)(H,18,20)/t11-/m0/s1. The second-order valence-electron chi connectivity index (χ2n) is 6.16. The van der Waals surface area contributed by atoms with E-state index in [4.69, 9.17) is 9.84 Å². The summed E-state index contributed by atoms with van der Waals surface area (Å²) < 4.78 is 5.10. The number of benzene rings is 1. The van der Waals surface area contributed by atoms with Crippen LogP contribution < -0.4 is 10.6 Å². The number of ether oxygens (including phenoxy) is 1. The SMILES string of the molecule is Cc1cc(NC(=O)[C@H](C)NC(=O)OC(C)(C)C)ccc1CO. The van der Waals surface area contributed by atoms with E-state index >= 15 is 0 Å². The third-order valence-corrected chi connectivity index (χ3v) is 2.91. The van der Waals surface area contributed by atoms with Crippen molar-refractivity contribution in [2.24, 2.45) is 0 Å². The Morgan fingerprint density at radius 1 is 1.32 bits per heavy atom. The molecule has 6 nitrogen and oxygen atoms in total. The Labute approximate surface area is 130 Å². The van der Waals surface area contributed by atoms with Crippen molar-refractivity contribution >= 4 is 17.7 Å². The van der Waals surface area contributed by atoms with Gasteiger partial charge in [-0.3, -0.25) is 4.79 Å². The molecule has 1 atom stereocenters. The van der Waals surface area contributed by atoms with Crippen LogP contribution in [0.4, 0.5) is 10.5 Å². The molecular weight excluding hydrogens is 284 g/mol. The lowest BCUT2D eigenvalue weighted by molar-refractivity contribution is -0.117. The number of alkyl carbamates (subject to hydrolysis) is 1. The van der Waals surface area contributed by atoms with Gasteiger partial charge in [0, 0.05) is 5.69 Å². The van der Waals surface area contributed by atoms with Crippen molar-refractivity contribution in [3.05, 3.63) is 29.3 Å². The summed E-state index contributed by atoms with van der Waals surface area (Å²) in [5.74, 6) is -0.345. The fraction of sp³-hybridized carbons (Fsp3) is 0.500. The molecule has 0 bridgehead atoms. The monoisotopic (exact) mass is 308 g/mol. The van der Waals surface area contributed by atoms with E-state index in [1.54, 1.807) is 45.9 Å². The third kappa shape index (κ3) is 5.73. The molecule has 0 unspecified atom stereocenters. The van der Waals surface area contributed by atoms with Gasteiger partial charge in [0.2, 0.25) is 5.91 Å². The number of carbonyl (C=O) groups is 2. The molecule has 0 fully saturated rings. The molecule has 0 spiro atoms. The summed E-state index contributed by atoms with van der Waals surface area (Å²) >= 11 is 0. The smallest absolute Gasteiger partial charge is 0.408 e. The first-order chi connectivity index (χ1) is 10.1. The minimum absolute atomic E-state index is 0.0450. The van der Waals surface area contributed by atoms with Crippen LogP contribution in [0.2, 0.25) is 0 Å². The van der Waals surface area contributed by atoms with Gasteiger partial charge in [-0.2, -0.15) is 0 Å². The van der Waals surface area contributed by atoms with Crippen LogP contribution in [0.15, 0.2) is 18.2 Å². The van der Waals surface area contributed by atoms with Gasteiger partial charge in [-0.05, 0) is 57.9 Å². The Morgan fingerprint density at radius 3 is 2.45 bits per heavy atom. The highest BCUT2D eigenvalue weighted by Crippen LogP contribution is 2.15. The van der Waals surface area contributed by atoms with E-state index < -0.39 is 17.7 Å². The molecule has 0 saturated carbocycles. The third-order valence-electron chi connectivity index (χ3n) is 2.91. The number of aliphatic hydroxyl groups excluding tert-OH is 1. The zero-order chi connectivity index (χ0) is 16.9. The van der Waals surface area contributed by atoms with Gasteiger partial charge >= 0.3 is 6.09 Å². The van der Waals surface area contributed by atoms with Gasteiger partial charge in [-0.25, -0.2) is 4.79 Å². The number of aryl methyl sites for hydroxylation is 1. The molecule has 0 aliphatic carbocycles. The van der Waals surface area contributed by atoms with Gasteiger partial charge in [0.1, 0.15) is 11.6 Å². The number of carbonyl (C=O) groups excluding carboxylic acids is 2. The van der Waals surface area contributed by atoms with E-state index in [0.29, 0.717) is 5.69 Å². The minimum atomic E-state index is -0.729. The highest BCUT2D eigenvalue weighted by Gasteiger charge is 2.21. The summed E-state index contributed by atoms with van der Waals surface area (Å²) in [5.41, 5.74) is 1.68. The Bertz CT molecular complexity index is 550. The van der Waals surface area contributed by atoms with Crippen LogP contribution >= 0.6 is 0 Å². The topological polar surface area (TPSA) is 87.7 Å². The average Bonchev–Trinajstić information content (AvgIpc) is 2.36. The lowest BCUT2D eigenvalue weighted by Gasteiger charge is -2.21. The number of hydrogen-bond acceptors (Lipinski definition) is 4. The van der Waals surface area contributed by atoms with E-state index in [9.17, 15) is 9.59 Å². The van der Waals surface area contributed by atoms with Crippen LogP contribution in [-0.4, -0.2) is 28.7 Å². The number of rotatable bonds is 4. The fourth-order valence-electron chi connectivity index (χ4n) is 1.75.